The SMILES string of the molecule is CCCC=CCCCCOCCCCC=CCCC. The normalized spacial score (nSPS) is 11.9. The maximum Gasteiger partial charge on any atom is 0.0466 e. The molecule has 0 unspecified atom stereocenters. The Bertz CT molecular complexity index is 184. The summed E-state index contributed by atoms with van der Waals surface area (Å²) in [7, 11) is 0. The Morgan fingerprint density at radius 2 is 1.00 bits per heavy atom. The van der Waals surface area contributed by atoms with Gasteiger partial charge in [-0.2, -0.15) is 0 Å². The molecule has 0 amide bonds. The lowest BCUT2D eigenvalue weighted by Gasteiger charge is -2.02. The van der Waals surface area contributed by atoms with Crippen LogP contribution in [0, 0.1) is 0 Å². The van der Waals surface area contributed by atoms with Crippen molar-refractivity contribution < 1.29 is 4.74 Å². The summed E-state index contributed by atoms with van der Waals surface area (Å²) in [5, 5.41) is 0. The molecule has 0 rings (SSSR count). The topological polar surface area (TPSA) is 9.23 Å². The number of unbranched alkanes of at least 4 members (excludes halogenated alkanes) is 6. The molecule has 0 bridgehead atoms. The quantitative estimate of drug-likeness (QED) is 0.274. The molecule has 0 heterocycles. The first kappa shape index (κ1) is 18.4. The third-order valence-electron chi connectivity index (χ3n) is 3.06. The fraction of sp³-hybridized carbons (Fsp3) is 0.778. The Balaban J connectivity index is 3.02. The summed E-state index contributed by atoms with van der Waals surface area (Å²) in [5.74, 6) is 0. The molecule has 0 radical (unpaired) electrons. The van der Waals surface area contributed by atoms with Gasteiger partial charge in [0.15, 0.2) is 0 Å². The molecule has 0 aromatic heterocycles. The first-order valence-electron chi connectivity index (χ1n) is 8.29. The van der Waals surface area contributed by atoms with Gasteiger partial charge in [0.1, 0.15) is 0 Å². The van der Waals surface area contributed by atoms with E-state index >= 15 is 0 Å². The summed E-state index contributed by atoms with van der Waals surface area (Å²) in [6.45, 7) is 6.32. The molecule has 0 N–H and O–H groups in total. The Hall–Kier alpha value is -0.560. The van der Waals surface area contributed by atoms with E-state index in [1.54, 1.807) is 0 Å². The van der Waals surface area contributed by atoms with Gasteiger partial charge in [-0.1, -0.05) is 51.0 Å². The van der Waals surface area contributed by atoms with Crippen LogP contribution in [0.25, 0.3) is 0 Å². The molecule has 0 saturated carbocycles. The van der Waals surface area contributed by atoms with E-state index in [1.807, 2.05) is 0 Å². The van der Waals surface area contributed by atoms with E-state index in [0.717, 1.165) is 13.2 Å². The van der Waals surface area contributed by atoms with Gasteiger partial charge in [-0.25, -0.2) is 0 Å². The van der Waals surface area contributed by atoms with Gasteiger partial charge in [-0.3, -0.25) is 0 Å². The van der Waals surface area contributed by atoms with Crippen molar-refractivity contribution in [2.45, 2.75) is 78.1 Å². The lowest BCUT2D eigenvalue weighted by molar-refractivity contribution is 0.127. The fourth-order valence-electron chi connectivity index (χ4n) is 1.84. The van der Waals surface area contributed by atoms with Crippen LogP contribution in [0.15, 0.2) is 24.3 Å². The second-order valence-corrected chi connectivity index (χ2v) is 5.12. The summed E-state index contributed by atoms with van der Waals surface area (Å²) in [6, 6.07) is 0. The number of hydrogen-bond acceptors (Lipinski definition) is 1. The molecule has 0 aliphatic carbocycles. The van der Waals surface area contributed by atoms with Crippen LogP contribution in [-0.4, -0.2) is 13.2 Å². The van der Waals surface area contributed by atoms with E-state index in [9.17, 15) is 0 Å². The smallest absolute Gasteiger partial charge is 0.0466 e. The standard InChI is InChI=1S/C18H34O/c1-3-5-7-9-11-13-15-17-19-18-16-14-12-10-8-6-4-2/h7-10H,3-6,11-18H2,1-2H3. The second-order valence-electron chi connectivity index (χ2n) is 5.12. The summed E-state index contributed by atoms with van der Waals surface area (Å²) in [6.07, 6.45) is 21.5. The molecule has 0 fully saturated rings. The van der Waals surface area contributed by atoms with E-state index in [2.05, 4.69) is 38.2 Å². The lowest BCUT2D eigenvalue weighted by Crippen LogP contribution is -1.96. The highest BCUT2D eigenvalue weighted by Crippen LogP contribution is 2.02. The van der Waals surface area contributed by atoms with Gasteiger partial charge in [0, 0.05) is 13.2 Å². The fourth-order valence-corrected chi connectivity index (χ4v) is 1.84. The molecule has 19 heavy (non-hydrogen) atoms. The van der Waals surface area contributed by atoms with Crippen molar-refractivity contribution in [3.05, 3.63) is 24.3 Å². The van der Waals surface area contributed by atoms with Crippen LogP contribution in [0.4, 0.5) is 0 Å². The van der Waals surface area contributed by atoms with Crippen LogP contribution >= 0.6 is 0 Å². The molecule has 1 heteroatoms. The first-order chi connectivity index (χ1) is 9.41. The van der Waals surface area contributed by atoms with Crippen LogP contribution in [-0.2, 0) is 4.74 Å². The summed E-state index contributed by atoms with van der Waals surface area (Å²) in [5.41, 5.74) is 0. The highest BCUT2D eigenvalue weighted by atomic mass is 16.5. The van der Waals surface area contributed by atoms with Crippen LogP contribution in [0.3, 0.4) is 0 Å². The largest absolute Gasteiger partial charge is 0.381 e. The minimum Gasteiger partial charge on any atom is -0.381 e. The predicted octanol–water partition coefficient (Wildman–Crippen LogP) is 6.06. The Morgan fingerprint density at radius 1 is 0.579 bits per heavy atom. The van der Waals surface area contributed by atoms with E-state index < -0.39 is 0 Å². The monoisotopic (exact) mass is 266 g/mol. The Morgan fingerprint density at radius 3 is 1.42 bits per heavy atom. The van der Waals surface area contributed by atoms with Crippen LogP contribution in [0.2, 0.25) is 0 Å². The van der Waals surface area contributed by atoms with Gasteiger partial charge in [0.25, 0.3) is 0 Å². The maximum atomic E-state index is 5.64. The van der Waals surface area contributed by atoms with E-state index in [-0.39, 0.29) is 0 Å². The predicted molar refractivity (Wildman–Crippen MR) is 86.6 cm³/mol. The number of hydrogen-bond donors (Lipinski definition) is 0. The summed E-state index contributed by atoms with van der Waals surface area (Å²) in [4.78, 5) is 0. The average molecular weight is 266 g/mol. The molecule has 0 aliphatic rings. The molecular formula is C18H34O. The van der Waals surface area contributed by atoms with Gasteiger partial charge in [-0.15, -0.1) is 0 Å². The molecule has 0 aliphatic heterocycles. The zero-order chi connectivity index (χ0) is 14.0. The van der Waals surface area contributed by atoms with Crippen LogP contribution in [0.1, 0.15) is 78.1 Å². The molecular weight excluding hydrogens is 232 g/mol. The highest BCUT2D eigenvalue weighted by molar-refractivity contribution is 4.81. The van der Waals surface area contributed by atoms with Crippen molar-refractivity contribution in [2.24, 2.45) is 0 Å². The van der Waals surface area contributed by atoms with E-state index in [4.69, 9.17) is 4.74 Å². The van der Waals surface area contributed by atoms with Crippen molar-refractivity contribution in [3.63, 3.8) is 0 Å². The number of allylic oxidation sites excluding steroid dienone is 4. The van der Waals surface area contributed by atoms with Crippen LogP contribution < -0.4 is 0 Å². The molecule has 0 aromatic rings. The first-order valence-corrected chi connectivity index (χ1v) is 8.29. The average Bonchev–Trinajstić information content (AvgIpc) is 2.43. The molecule has 0 aromatic carbocycles. The van der Waals surface area contributed by atoms with E-state index in [0.29, 0.717) is 0 Å². The number of ether oxygens (including phenoxy) is 1. The summed E-state index contributed by atoms with van der Waals surface area (Å²) < 4.78 is 5.64. The van der Waals surface area contributed by atoms with Gasteiger partial charge in [0.2, 0.25) is 0 Å². The third kappa shape index (κ3) is 17.4. The zero-order valence-corrected chi connectivity index (χ0v) is 13.2. The van der Waals surface area contributed by atoms with Crippen molar-refractivity contribution in [1.82, 2.24) is 0 Å². The maximum absolute atomic E-state index is 5.64. The van der Waals surface area contributed by atoms with E-state index in [1.165, 1.54) is 64.2 Å². The Kier molecular flexibility index (Phi) is 16.9. The summed E-state index contributed by atoms with van der Waals surface area (Å²) >= 11 is 0. The highest BCUT2D eigenvalue weighted by Gasteiger charge is 1.90. The van der Waals surface area contributed by atoms with Gasteiger partial charge in [0.05, 0.1) is 0 Å². The molecule has 0 spiro atoms. The zero-order valence-electron chi connectivity index (χ0n) is 13.2. The molecule has 112 valence electrons. The third-order valence-corrected chi connectivity index (χ3v) is 3.06. The van der Waals surface area contributed by atoms with Crippen molar-refractivity contribution in [3.8, 4) is 0 Å². The van der Waals surface area contributed by atoms with Gasteiger partial charge >= 0.3 is 0 Å². The van der Waals surface area contributed by atoms with Crippen molar-refractivity contribution >= 4 is 0 Å². The van der Waals surface area contributed by atoms with Crippen molar-refractivity contribution in [2.75, 3.05) is 13.2 Å². The lowest BCUT2D eigenvalue weighted by atomic mass is 10.2. The molecule has 1 nitrogen and oxygen atoms in total. The second kappa shape index (κ2) is 17.4. The Labute approximate surface area is 121 Å². The minimum atomic E-state index is 0.938. The van der Waals surface area contributed by atoms with Gasteiger partial charge in [-0.05, 0) is 51.4 Å². The van der Waals surface area contributed by atoms with Gasteiger partial charge < -0.3 is 4.74 Å². The number of rotatable bonds is 14. The molecule has 0 saturated heterocycles. The minimum absolute atomic E-state index is 0.938. The van der Waals surface area contributed by atoms with Crippen molar-refractivity contribution in [1.29, 1.82) is 0 Å². The molecule has 0 atom stereocenters. The van der Waals surface area contributed by atoms with Crippen LogP contribution in [0.5, 0.6) is 0 Å².